The van der Waals surface area contributed by atoms with Crippen molar-refractivity contribution in [3.05, 3.63) is 12.2 Å². The molecule has 1 aliphatic rings. The lowest BCUT2D eigenvalue weighted by Gasteiger charge is -2.17. The van der Waals surface area contributed by atoms with Crippen LogP contribution in [0.2, 0.25) is 0 Å². The summed E-state index contributed by atoms with van der Waals surface area (Å²) in [4.78, 5) is 68.9. The minimum atomic E-state index is -1.40. The maximum Gasteiger partial charge on any atom is 0.326 e. The third-order valence-electron chi connectivity index (χ3n) is 3.84. The molecular weight excluding hydrogens is 376 g/mol. The van der Waals surface area contributed by atoms with Crippen LogP contribution in [0.1, 0.15) is 25.7 Å². The summed E-state index contributed by atoms with van der Waals surface area (Å²) in [6.07, 6.45) is 1.30. The van der Waals surface area contributed by atoms with Crippen LogP contribution in [-0.4, -0.2) is 75.9 Å². The van der Waals surface area contributed by atoms with E-state index in [0.717, 1.165) is 17.1 Å². The lowest BCUT2D eigenvalue weighted by Crippen LogP contribution is -2.48. The minimum Gasteiger partial charge on any atom is -0.481 e. The van der Waals surface area contributed by atoms with E-state index >= 15 is 0 Å². The highest BCUT2D eigenvalue weighted by molar-refractivity contribution is 6.12. The van der Waals surface area contributed by atoms with Gasteiger partial charge in [-0.3, -0.25) is 28.9 Å². The maximum absolute atomic E-state index is 11.9. The second-order valence-electron chi connectivity index (χ2n) is 5.99. The summed E-state index contributed by atoms with van der Waals surface area (Å²) in [5.74, 6) is -4.79. The standard InChI is InChI=1S/C16H22N4O8/c17-9(15(26)19-10(16(27)28)2-6-14(24)25)1-3-11(21)18-7-8-20-12(22)4-5-13(20)23/h4-5,9-10H,1-3,6-8,17H2,(H,18,21)(H,19,26)(H,24,25)(H,27,28)/t9-,10-/m1/s1. The van der Waals surface area contributed by atoms with Gasteiger partial charge in [-0.05, 0) is 12.8 Å². The highest BCUT2D eigenvalue weighted by atomic mass is 16.4. The number of hydrogen-bond acceptors (Lipinski definition) is 7. The number of nitrogens with one attached hydrogen (secondary N) is 2. The highest BCUT2D eigenvalue weighted by Crippen LogP contribution is 2.03. The number of amides is 4. The summed E-state index contributed by atoms with van der Waals surface area (Å²) in [5, 5.41) is 22.2. The van der Waals surface area contributed by atoms with Crippen LogP contribution in [0.5, 0.6) is 0 Å². The third kappa shape index (κ3) is 7.53. The van der Waals surface area contributed by atoms with Gasteiger partial charge in [0.15, 0.2) is 0 Å². The Kier molecular flexibility index (Phi) is 8.75. The van der Waals surface area contributed by atoms with Gasteiger partial charge in [-0.2, -0.15) is 0 Å². The van der Waals surface area contributed by atoms with Crippen LogP contribution in [0.3, 0.4) is 0 Å². The number of carbonyl (C=O) groups is 6. The first-order chi connectivity index (χ1) is 13.1. The molecule has 0 aromatic heterocycles. The Bertz CT molecular complexity index is 672. The summed E-state index contributed by atoms with van der Waals surface area (Å²) in [7, 11) is 0. The number of rotatable bonds is 12. The molecule has 0 radical (unpaired) electrons. The van der Waals surface area contributed by atoms with Crippen molar-refractivity contribution < 1.29 is 39.0 Å². The smallest absolute Gasteiger partial charge is 0.326 e. The van der Waals surface area contributed by atoms with Crippen LogP contribution in [0.15, 0.2) is 12.2 Å². The fourth-order valence-corrected chi connectivity index (χ4v) is 2.27. The van der Waals surface area contributed by atoms with E-state index in [1.165, 1.54) is 0 Å². The van der Waals surface area contributed by atoms with Gasteiger partial charge in [0.25, 0.3) is 11.8 Å². The van der Waals surface area contributed by atoms with Crippen LogP contribution < -0.4 is 16.4 Å². The molecule has 154 valence electrons. The normalized spacial score (nSPS) is 15.2. The molecule has 0 fully saturated rings. The van der Waals surface area contributed by atoms with Gasteiger partial charge in [0.1, 0.15) is 6.04 Å². The Morgan fingerprint density at radius 1 is 1.04 bits per heavy atom. The van der Waals surface area contributed by atoms with Crippen molar-refractivity contribution in [3.8, 4) is 0 Å². The van der Waals surface area contributed by atoms with Gasteiger partial charge in [-0.15, -0.1) is 0 Å². The summed E-state index contributed by atoms with van der Waals surface area (Å²) >= 11 is 0. The van der Waals surface area contributed by atoms with E-state index < -0.39 is 54.1 Å². The molecule has 0 aliphatic carbocycles. The molecule has 1 heterocycles. The molecule has 1 aliphatic heterocycles. The molecule has 28 heavy (non-hydrogen) atoms. The Labute approximate surface area is 159 Å². The minimum absolute atomic E-state index is 0.00676. The Hall–Kier alpha value is -3.28. The Morgan fingerprint density at radius 3 is 2.18 bits per heavy atom. The number of hydrogen-bond donors (Lipinski definition) is 5. The molecule has 0 saturated heterocycles. The fourth-order valence-electron chi connectivity index (χ4n) is 2.27. The van der Waals surface area contributed by atoms with Gasteiger partial charge < -0.3 is 26.6 Å². The first-order valence-electron chi connectivity index (χ1n) is 8.42. The van der Waals surface area contributed by atoms with E-state index in [0.29, 0.717) is 0 Å². The molecule has 4 amide bonds. The molecule has 0 aromatic carbocycles. The Morgan fingerprint density at radius 2 is 1.64 bits per heavy atom. The average molecular weight is 398 g/mol. The first kappa shape index (κ1) is 22.8. The zero-order chi connectivity index (χ0) is 21.3. The van der Waals surface area contributed by atoms with E-state index in [2.05, 4.69) is 10.6 Å². The second-order valence-corrected chi connectivity index (χ2v) is 5.99. The third-order valence-corrected chi connectivity index (χ3v) is 3.84. The van der Waals surface area contributed by atoms with Gasteiger partial charge in [-0.25, -0.2) is 4.79 Å². The predicted octanol–water partition coefficient (Wildman–Crippen LogP) is -2.43. The van der Waals surface area contributed by atoms with E-state index in [1.807, 2.05) is 0 Å². The molecule has 0 aromatic rings. The van der Waals surface area contributed by atoms with Crippen LogP contribution in [0.4, 0.5) is 0 Å². The number of carboxylic acids is 2. The summed E-state index contributed by atoms with van der Waals surface area (Å²) in [6.45, 7) is 0.0442. The maximum atomic E-state index is 11.9. The van der Waals surface area contributed by atoms with Crippen molar-refractivity contribution >= 4 is 35.6 Å². The van der Waals surface area contributed by atoms with Crippen LogP contribution >= 0.6 is 0 Å². The molecule has 6 N–H and O–H groups in total. The topological polar surface area (TPSA) is 196 Å². The summed E-state index contributed by atoms with van der Waals surface area (Å²) in [6, 6.07) is -2.56. The van der Waals surface area contributed by atoms with E-state index in [9.17, 15) is 28.8 Å². The van der Waals surface area contributed by atoms with E-state index in [4.69, 9.17) is 15.9 Å². The number of carboxylic acid groups (broad SMARTS) is 2. The lowest BCUT2D eigenvalue weighted by atomic mass is 10.1. The van der Waals surface area contributed by atoms with Crippen LogP contribution in [-0.2, 0) is 28.8 Å². The predicted molar refractivity (Wildman–Crippen MR) is 92.5 cm³/mol. The molecular formula is C16H22N4O8. The van der Waals surface area contributed by atoms with Crippen molar-refractivity contribution in [3.63, 3.8) is 0 Å². The second kappa shape index (κ2) is 10.8. The Balaban J connectivity index is 2.32. The van der Waals surface area contributed by atoms with Gasteiger partial charge in [-0.1, -0.05) is 0 Å². The van der Waals surface area contributed by atoms with Gasteiger partial charge in [0.05, 0.1) is 6.04 Å². The molecule has 0 unspecified atom stereocenters. The largest absolute Gasteiger partial charge is 0.481 e. The van der Waals surface area contributed by atoms with Crippen molar-refractivity contribution in [2.24, 2.45) is 5.73 Å². The SMILES string of the molecule is N[C@H](CCC(=O)NCCN1C(=O)C=CC1=O)C(=O)N[C@H](CCC(=O)O)C(=O)O. The molecule has 12 nitrogen and oxygen atoms in total. The quantitative estimate of drug-likeness (QED) is 0.222. The number of carbonyl (C=O) groups excluding carboxylic acids is 4. The van der Waals surface area contributed by atoms with Crippen molar-refractivity contribution in [2.45, 2.75) is 37.8 Å². The average Bonchev–Trinajstić information content (AvgIpc) is 2.94. The van der Waals surface area contributed by atoms with E-state index in [-0.39, 0.29) is 32.4 Å². The molecule has 0 bridgehead atoms. The zero-order valence-corrected chi connectivity index (χ0v) is 14.9. The first-order valence-corrected chi connectivity index (χ1v) is 8.42. The lowest BCUT2D eigenvalue weighted by molar-refractivity contribution is -0.143. The van der Waals surface area contributed by atoms with Crippen LogP contribution in [0, 0.1) is 0 Å². The monoisotopic (exact) mass is 398 g/mol. The fraction of sp³-hybridized carbons (Fsp3) is 0.500. The number of nitrogens with two attached hydrogens (primary N) is 1. The molecule has 0 spiro atoms. The van der Waals surface area contributed by atoms with Gasteiger partial charge >= 0.3 is 11.9 Å². The van der Waals surface area contributed by atoms with Gasteiger partial charge in [0.2, 0.25) is 11.8 Å². The summed E-state index contributed by atoms with van der Waals surface area (Å²) < 4.78 is 0. The van der Waals surface area contributed by atoms with Crippen molar-refractivity contribution in [1.29, 1.82) is 0 Å². The number of aliphatic carboxylic acids is 2. The number of nitrogens with zero attached hydrogens (tertiary/aromatic N) is 1. The zero-order valence-electron chi connectivity index (χ0n) is 14.9. The molecule has 2 atom stereocenters. The molecule has 0 saturated carbocycles. The molecule has 12 heteroatoms. The number of imide groups is 1. The highest BCUT2D eigenvalue weighted by Gasteiger charge is 2.25. The van der Waals surface area contributed by atoms with Crippen LogP contribution in [0.25, 0.3) is 0 Å². The van der Waals surface area contributed by atoms with E-state index in [1.54, 1.807) is 0 Å². The van der Waals surface area contributed by atoms with Crippen molar-refractivity contribution in [1.82, 2.24) is 15.5 Å². The van der Waals surface area contributed by atoms with Crippen molar-refractivity contribution in [2.75, 3.05) is 13.1 Å². The van der Waals surface area contributed by atoms with Gasteiger partial charge in [0, 0.05) is 38.1 Å². The molecule has 1 rings (SSSR count). The summed E-state index contributed by atoms with van der Waals surface area (Å²) in [5.41, 5.74) is 5.63.